The highest BCUT2D eigenvalue weighted by atomic mass is 15.1. The average molecular weight is 249 g/mol. The van der Waals surface area contributed by atoms with Crippen LogP contribution >= 0.6 is 0 Å². The molecule has 2 aromatic carbocycles. The van der Waals surface area contributed by atoms with Gasteiger partial charge in [0.15, 0.2) is 0 Å². The van der Waals surface area contributed by atoms with Crippen LogP contribution in [-0.4, -0.2) is 14.1 Å². The van der Waals surface area contributed by atoms with Gasteiger partial charge in [0.25, 0.3) is 0 Å². The number of hydrogen-bond acceptors (Lipinski definition) is 1. The minimum atomic E-state index is 0.529. The van der Waals surface area contributed by atoms with Crippen molar-refractivity contribution < 1.29 is 0 Å². The Morgan fingerprint density at radius 2 is 1.68 bits per heavy atom. The second-order valence-corrected chi connectivity index (χ2v) is 5.36. The molecule has 0 aliphatic heterocycles. The molecule has 2 aromatic rings. The molecule has 0 radical (unpaired) electrons. The topological polar surface area (TPSA) is 3.24 Å². The molecule has 0 amide bonds. The second-order valence-electron chi connectivity index (χ2n) is 5.36. The van der Waals surface area contributed by atoms with Gasteiger partial charge in [0, 0.05) is 25.7 Å². The second kappa shape index (κ2) is 4.93. The average Bonchev–Trinajstić information content (AvgIpc) is 2.83. The molecule has 0 N–H and O–H groups in total. The van der Waals surface area contributed by atoms with E-state index < -0.39 is 0 Å². The molecule has 0 bridgehead atoms. The van der Waals surface area contributed by atoms with Crippen LogP contribution in [0.3, 0.4) is 0 Å². The van der Waals surface area contributed by atoms with Gasteiger partial charge >= 0.3 is 0 Å². The summed E-state index contributed by atoms with van der Waals surface area (Å²) in [6.07, 6.45) is 5.65. The van der Waals surface area contributed by atoms with Crippen molar-refractivity contribution >= 4 is 11.8 Å². The third-order valence-corrected chi connectivity index (χ3v) is 3.81. The highest BCUT2D eigenvalue weighted by Crippen LogP contribution is 2.32. The van der Waals surface area contributed by atoms with E-state index in [1.165, 1.54) is 22.4 Å². The van der Waals surface area contributed by atoms with E-state index in [1.807, 2.05) is 0 Å². The summed E-state index contributed by atoms with van der Waals surface area (Å²) in [4.78, 5) is 2.13. The summed E-state index contributed by atoms with van der Waals surface area (Å²) >= 11 is 0. The Morgan fingerprint density at radius 3 is 2.42 bits per heavy atom. The van der Waals surface area contributed by atoms with Crippen LogP contribution in [0.15, 0.2) is 54.6 Å². The molecule has 1 heteroatoms. The lowest BCUT2D eigenvalue weighted by molar-refractivity contribution is 0.850. The standard InChI is InChI=1S/C18H19N/c1-19(2)17-11-7-14(8-12-17)13-16-10-9-15-5-3-4-6-18(15)16/h3-12,16H,13H2,1-2H3/t16-/m0/s1. The van der Waals surface area contributed by atoms with Crippen molar-refractivity contribution in [2.24, 2.45) is 0 Å². The van der Waals surface area contributed by atoms with Crippen LogP contribution in [-0.2, 0) is 6.42 Å². The molecule has 3 rings (SSSR count). The van der Waals surface area contributed by atoms with Gasteiger partial charge in [-0.2, -0.15) is 0 Å². The first-order chi connectivity index (χ1) is 9.24. The van der Waals surface area contributed by atoms with Crippen molar-refractivity contribution in [1.82, 2.24) is 0 Å². The predicted molar refractivity (Wildman–Crippen MR) is 82.7 cm³/mol. The van der Waals surface area contributed by atoms with Crippen LogP contribution in [0.5, 0.6) is 0 Å². The van der Waals surface area contributed by atoms with E-state index in [0.29, 0.717) is 5.92 Å². The molecule has 0 saturated carbocycles. The van der Waals surface area contributed by atoms with Crippen molar-refractivity contribution in [3.05, 3.63) is 71.3 Å². The van der Waals surface area contributed by atoms with Crippen molar-refractivity contribution in [2.45, 2.75) is 12.3 Å². The van der Waals surface area contributed by atoms with E-state index in [2.05, 4.69) is 79.7 Å². The van der Waals surface area contributed by atoms with Crippen LogP contribution < -0.4 is 4.90 Å². The molecule has 0 aromatic heterocycles. The van der Waals surface area contributed by atoms with Gasteiger partial charge in [-0.15, -0.1) is 0 Å². The van der Waals surface area contributed by atoms with Crippen molar-refractivity contribution in [2.75, 3.05) is 19.0 Å². The molecule has 0 saturated heterocycles. The van der Waals surface area contributed by atoms with Gasteiger partial charge in [0.2, 0.25) is 0 Å². The number of benzene rings is 2. The van der Waals surface area contributed by atoms with Gasteiger partial charge < -0.3 is 4.90 Å². The zero-order valence-corrected chi connectivity index (χ0v) is 11.5. The van der Waals surface area contributed by atoms with Crippen molar-refractivity contribution in [3.63, 3.8) is 0 Å². The summed E-state index contributed by atoms with van der Waals surface area (Å²) in [6, 6.07) is 17.6. The maximum atomic E-state index is 2.32. The quantitative estimate of drug-likeness (QED) is 0.791. The van der Waals surface area contributed by atoms with Crippen LogP contribution in [0, 0.1) is 0 Å². The molecule has 0 unspecified atom stereocenters. The molecule has 0 fully saturated rings. The van der Waals surface area contributed by atoms with Crippen LogP contribution in [0.2, 0.25) is 0 Å². The summed E-state index contributed by atoms with van der Waals surface area (Å²) in [5.74, 6) is 0.529. The number of nitrogens with zero attached hydrogens (tertiary/aromatic N) is 1. The van der Waals surface area contributed by atoms with Crippen LogP contribution in [0.25, 0.3) is 6.08 Å². The largest absolute Gasteiger partial charge is 0.378 e. The Hall–Kier alpha value is -2.02. The number of anilines is 1. The lowest BCUT2D eigenvalue weighted by Gasteiger charge is -2.14. The van der Waals surface area contributed by atoms with Gasteiger partial charge in [-0.05, 0) is 35.2 Å². The van der Waals surface area contributed by atoms with Crippen LogP contribution in [0.1, 0.15) is 22.6 Å². The van der Waals surface area contributed by atoms with Crippen molar-refractivity contribution in [1.29, 1.82) is 0 Å². The minimum absolute atomic E-state index is 0.529. The fraction of sp³-hybridized carbons (Fsp3) is 0.222. The van der Waals surface area contributed by atoms with Gasteiger partial charge in [-0.1, -0.05) is 48.6 Å². The first-order valence-electron chi connectivity index (χ1n) is 6.77. The summed E-state index contributed by atoms with van der Waals surface area (Å²) in [5, 5.41) is 0. The summed E-state index contributed by atoms with van der Waals surface area (Å²) < 4.78 is 0. The van der Waals surface area contributed by atoms with E-state index in [-0.39, 0.29) is 0 Å². The monoisotopic (exact) mass is 249 g/mol. The third-order valence-electron chi connectivity index (χ3n) is 3.81. The van der Waals surface area contributed by atoms with E-state index >= 15 is 0 Å². The predicted octanol–water partition coefficient (Wildman–Crippen LogP) is 4.11. The van der Waals surface area contributed by atoms with E-state index in [1.54, 1.807) is 0 Å². The molecule has 96 valence electrons. The van der Waals surface area contributed by atoms with Crippen LogP contribution in [0.4, 0.5) is 5.69 Å². The molecule has 0 heterocycles. The highest BCUT2D eigenvalue weighted by molar-refractivity contribution is 5.62. The lowest BCUT2D eigenvalue weighted by atomic mass is 9.94. The van der Waals surface area contributed by atoms with E-state index in [4.69, 9.17) is 0 Å². The van der Waals surface area contributed by atoms with E-state index in [9.17, 15) is 0 Å². The maximum Gasteiger partial charge on any atom is 0.0361 e. The number of hydrogen-bond donors (Lipinski definition) is 0. The molecule has 1 nitrogen and oxygen atoms in total. The third kappa shape index (κ3) is 2.41. The smallest absolute Gasteiger partial charge is 0.0361 e. The maximum absolute atomic E-state index is 2.32. The van der Waals surface area contributed by atoms with Gasteiger partial charge in [-0.3, -0.25) is 0 Å². The number of allylic oxidation sites excluding steroid dienone is 1. The van der Waals surface area contributed by atoms with Gasteiger partial charge in [-0.25, -0.2) is 0 Å². The van der Waals surface area contributed by atoms with E-state index in [0.717, 1.165) is 6.42 Å². The highest BCUT2D eigenvalue weighted by Gasteiger charge is 2.16. The summed E-state index contributed by atoms with van der Waals surface area (Å²) in [5.41, 5.74) is 5.49. The first kappa shape index (κ1) is 12.0. The summed E-state index contributed by atoms with van der Waals surface area (Å²) in [6.45, 7) is 0. The Bertz CT molecular complexity index is 593. The Morgan fingerprint density at radius 1 is 0.947 bits per heavy atom. The normalized spacial score (nSPS) is 16.4. The van der Waals surface area contributed by atoms with Gasteiger partial charge in [0.05, 0.1) is 0 Å². The number of fused-ring (bicyclic) bond motifs is 1. The van der Waals surface area contributed by atoms with Gasteiger partial charge in [0.1, 0.15) is 0 Å². The molecular weight excluding hydrogens is 230 g/mol. The molecule has 1 aliphatic rings. The molecule has 1 aliphatic carbocycles. The summed E-state index contributed by atoms with van der Waals surface area (Å²) in [7, 11) is 4.15. The molecule has 0 spiro atoms. The molecule has 19 heavy (non-hydrogen) atoms. The first-order valence-corrected chi connectivity index (χ1v) is 6.77. The molecule has 1 atom stereocenters. The SMILES string of the molecule is CN(C)c1ccc(C[C@@H]2C=Cc3ccccc32)cc1. The Balaban J connectivity index is 1.78. The molecular formula is C18H19N. The lowest BCUT2D eigenvalue weighted by Crippen LogP contribution is -2.08. The minimum Gasteiger partial charge on any atom is -0.378 e. The Labute approximate surface area is 115 Å². The Kier molecular flexibility index (Phi) is 3.12. The number of rotatable bonds is 3. The fourth-order valence-corrected chi connectivity index (χ4v) is 2.69. The zero-order valence-electron chi connectivity index (χ0n) is 11.5. The fourth-order valence-electron chi connectivity index (χ4n) is 2.69. The zero-order chi connectivity index (χ0) is 13.2. The van der Waals surface area contributed by atoms with Crippen molar-refractivity contribution in [3.8, 4) is 0 Å².